The number of ether oxygens (including phenoxy) is 1. The highest BCUT2D eigenvalue weighted by atomic mass is 19.4. The lowest BCUT2D eigenvalue weighted by molar-refractivity contribution is -0.383. The lowest BCUT2D eigenvalue weighted by atomic mass is 10.1. The molecular formula is C18H13F3N2O5. The van der Waals surface area contributed by atoms with Gasteiger partial charge in [0.1, 0.15) is 5.75 Å². The van der Waals surface area contributed by atoms with Crippen molar-refractivity contribution < 1.29 is 27.7 Å². The Balaban J connectivity index is 2.27. The van der Waals surface area contributed by atoms with Crippen LogP contribution in [0.1, 0.15) is 11.1 Å². The number of rotatable bonds is 4. The predicted octanol–water partition coefficient (Wildman–Crippen LogP) is 4.09. The number of hydrogen-bond donors (Lipinski definition) is 0. The fraction of sp³-hybridized carbons (Fsp3) is 0.167. The van der Waals surface area contributed by atoms with Crippen LogP contribution < -0.4 is 15.1 Å². The van der Waals surface area contributed by atoms with Crippen molar-refractivity contribution in [1.29, 1.82) is 0 Å². The third kappa shape index (κ3) is 3.48. The van der Waals surface area contributed by atoms with Crippen molar-refractivity contribution in [3.63, 3.8) is 0 Å². The average molecular weight is 394 g/mol. The van der Waals surface area contributed by atoms with Crippen molar-refractivity contribution in [1.82, 2.24) is 4.73 Å². The first-order chi connectivity index (χ1) is 13.1. The van der Waals surface area contributed by atoms with Crippen LogP contribution in [0.15, 0.2) is 47.3 Å². The Labute approximate surface area is 155 Å². The second-order valence-electron chi connectivity index (χ2n) is 5.88. The van der Waals surface area contributed by atoms with Gasteiger partial charge in [-0.15, -0.1) is 4.73 Å². The quantitative estimate of drug-likeness (QED) is 0.492. The van der Waals surface area contributed by atoms with Crippen molar-refractivity contribution in [2.24, 2.45) is 0 Å². The van der Waals surface area contributed by atoms with Gasteiger partial charge in [-0.2, -0.15) is 13.2 Å². The van der Waals surface area contributed by atoms with Gasteiger partial charge in [0.05, 0.1) is 23.7 Å². The highest BCUT2D eigenvalue weighted by Gasteiger charge is 2.31. The number of aromatic nitrogens is 1. The lowest BCUT2D eigenvalue weighted by Crippen LogP contribution is -2.25. The van der Waals surface area contributed by atoms with E-state index < -0.39 is 27.9 Å². The molecule has 7 nitrogen and oxygen atoms in total. The van der Waals surface area contributed by atoms with Crippen molar-refractivity contribution >= 4 is 16.6 Å². The van der Waals surface area contributed by atoms with Crippen LogP contribution in [0, 0.1) is 17.0 Å². The number of aryl methyl sites for hydroxylation is 1. The van der Waals surface area contributed by atoms with Crippen LogP contribution in [0.2, 0.25) is 0 Å². The zero-order valence-electron chi connectivity index (χ0n) is 14.6. The number of benzene rings is 2. The summed E-state index contributed by atoms with van der Waals surface area (Å²) in [6, 6.07) is 7.61. The maximum atomic E-state index is 12.9. The highest BCUT2D eigenvalue weighted by molar-refractivity contribution is 5.91. The smallest absolute Gasteiger partial charge is 0.416 e. The van der Waals surface area contributed by atoms with Crippen LogP contribution >= 0.6 is 0 Å². The lowest BCUT2D eigenvalue weighted by Gasteiger charge is -2.15. The van der Waals surface area contributed by atoms with Gasteiger partial charge in [0.2, 0.25) is 0 Å². The molecule has 0 fully saturated rings. The van der Waals surface area contributed by atoms with Crippen molar-refractivity contribution in [3.8, 4) is 11.5 Å². The molecule has 0 atom stereocenters. The molecule has 28 heavy (non-hydrogen) atoms. The Kier molecular flexibility index (Phi) is 4.72. The number of halogens is 3. The van der Waals surface area contributed by atoms with E-state index in [0.29, 0.717) is 16.4 Å². The minimum Gasteiger partial charge on any atom is -0.496 e. The fourth-order valence-electron chi connectivity index (χ4n) is 2.72. The summed E-state index contributed by atoms with van der Waals surface area (Å²) in [6.07, 6.45) is -4.61. The molecule has 2 aromatic carbocycles. The molecule has 0 radical (unpaired) electrons. The molecule has 1 heterocycles. The van der Waals surface area contributed by atoms with Crippen LogP contribution in [0.3, 0.4) is 0 Å². The second kappa shape index (κ2) is 6.87. The molecule has 146 valence electrons. The summed E-state index contributed by atoms with van der Waals surface area (Å²) in [5.41, 5.74) is -2.00. The van der Waals surface area contributed by atoms with Crippen molar-refractivity contribution in [2.75, 3.05) is 7.11 Å². The van der Waals surface area contributed by atoms with Crippen molar-refractivity contribution in [2.45, 2.75) is 13.1 Å². The molecule has 0 amide bonds. The van der Waals surface area contributed by atoms with Crippen LogP contribution in [0.4, 0.5) is 18.9 Å². The minimum atomic E-state index is -4.61. The Hall–Kier alpha value is -3.56. The van der Waals surface area contributed by atoms with E-state index in [1.807, 2.05) is 0 Å². The molecule has 3 rings (SSSR count). The topological polar surface area (TPSA) is 83.6 Å². The monoisotopic (exact) mass is 394 g/mol. The first-order valence-electron chi connectivity index (χ1n) is 7.86. The maximum Gasteiger partial charge on any atom is 0.416 e. The van der Waals surface area contributed by atoms with E-state index in [1.54, 1.807) is 6.92 Å². The molecule has 0 aliphatic carbocycles. The van der Waals surface area contributed by atoms with E-state index in [-0.39, 0.29) is 22.4 Å². The number of nitro benzene ring substituents is 1. The number of nitrogens with zero attached hydrogens (tertiary/aromatic N) is 2. The number of hydrogen-bond acceptors (Lipinski definition) is 5. The summed E-state index contributed by atoms with van der Waals surface area (Å²) in [5.74, 6) is -0.112. The van der Waals surface area contributed by atoms with Gasteiger partial charge in [-0.05, 0) is 36.8 Å². The van der Waals surface area contributed by atoms with Crippen LogP contribution in [-0.4, -0.2) is 16.8 Å². The van der Waals surface area contributed by atoms with Crippen molar-refractivity contribution in [3.05, 3.63) is 74.1 Å². The standard InChI is InChI=1S/C18H13F3N2O5/c1-10-6-16(24)22(28-12-5-3-4-11(7-12)18(19,20)21)17-14(10)8-13(27-2)9-15(17)23(25)26/h3-9H,1-2H3. The highest BCUT2D eigenvalue weighted by Crippen LogP contribution is 2.34. The third-order valence-corrected chi connectivity index (χ3v) is 4.02. The molecule has 0 aliphatic heterocycles. The van der Waals surface area contributed by atoms with Gasteiger partial charge in [0.15, 0.2) is 11.3 Å². The molecule has 0 saturated heterocycles. The summed E-state index contributed by atoms with van der Waals surface area (Å²) >= 11 is 0. The number of nitro groups is 1. The normalized spacial score (nSPS) is 11.5. The van der Waals surface area contributed by atoms with Gasteiger partial charge in [-0.25, -0.2) is 0 Å². The van der Waals surface area contributed by atoms with Gasteiger partial charge in [-0.3, -0.25) is 14.9 Å². The maximum absolute atomic E-state index is 12.9. The van der Waals surface area contributed by atoms with Crippen LogP contribution in [0.5, 0.6) is 11.5 Å². The zero-order valence-corrected chi connectivity index (χ0v) is 14.6. The molecule has 0 spiro atoms. The van der Waals surface area contributed by atoms with Crippen LogP contribution in [0.25, 0.3) is 10.9 Å². The molecule has 0 N–H and O–H groups in total. The minimum absolute atomic E-state index is 0.187. The Bertz CT molecular complexity index is 1140. The molecular weight excluding hydrogens is 381 g/mol. The predicted molar refractivity (Wildman–Crippen MR) is 93.6 cm³/mol. The number of methoxy groups -OCH3 is 1. The molecule has 10 heteroatoms. The molecule has 3 aromatic rings. The first kappa shape index (κ1) is 19.2. The average Bonchev–Trinajstić information content (AvgIpc) is 2.63. The summed E-state index contributed by atoms with van der Waals surface area (Å²) in [5, 5.41) is 11.8. The SMILES string of the molecule is COc1cc([N+](=O)[O-])c2c(c1)c(C)cc(=O)n2Oc1cccc(C(F)(F)F)c1. The van der Waals surface area contributed by atoms with E-state index in [0.717, 1.165) is 18.2 Å². The van der Waals surface area contributed by atoms with Gasteiger partial charge in [-0.1, -0.05) is 6.07 Å². The van der Waals surface area contributed by atoms with Gasteiger partial charge in [0.25, 0.3) is 5.56 Å². The summed E-state index contributed by atoms with van der Waals surface area (Å²) < 4.78 is 44.4. The van der Waals surface area contributed by atoms with E-state index in [9.17, 15) is 28.1 Å². The largest absolute Gasteiger partial charge is 0.496 e. The Morgan fingerprint density at radius 2 is 1.82 bits per heavy atom. The Morgan fingerprint density at radius 1 is 1.11 bits per heavy atom. The van der Waals surface area contributed by atoms with Crippen LogP contribution in [-0.2, 0) is 6.18 Å². The Morgan fingerprint density at radius 3 is 2.43 bits per heavy atom. The van der Waals surface area contributed by atoms with Gasteiger partial charge >= 0.3 is 11.9 Å². The number of fused-ring (bicyclic) bond motifs is 1. The molecule has 1 aromatic heterocycles. The summed E-state index contributed by atoms with van der Waals surface area (Å²) in [6.45, 7) is 1.57. The van der Waals surface area contributed by atoms with E-state index in [1.165, 1.54) is 25.3 Å². The fourth-order valence-corrected chi connectivity index (χ4v) is 2.72. The number of non-ortho nitro benzene ring substituents is 1. The summed E-state index contributed by atoms with van der Waals surface area (Å²) in [4.78, 5) is 28.6. The molecule has 0 unspecified atom stereocenters. The van der Waals surface area contributed by atoms with E-state index in [4.69, 9.17) is 9.57 Å². The number of pyridine rings is 1. The summed E-state index contributed by atoms with van der Waals surface area (Å²) in [7, 11) is 1.33. The second-order valence-corrected chi connectivity index (χ2v) is 5.88. The van der Waals surface area contributed by atoms with E-state index >= 15 is 0 Å². The zero-order chi connectivity index (χ0) is 20.6. The first-order valence-corrected chi connectivity index (χ1v) is 7.86. The van der Waals surface area contributed by atoms with E-state index in [2.05, 4.69) is 0 Å². The third-order valence-electron chi connectivity index (χ3n) is 4.02. The van der Waals surface area contributed by atoms with Gasteiger partial charge in [0, 0.05) is 11.5 Å². The molecule has 0 bridgehead atoms. The van der Waals surface area contributed by atoms with Gasteiger partial charge < -0.3 is 9.57 Å². The molecule has 0 aliphatic rings. The number of alkyl halides is 3. The molecule has 0 saturated carbocycles.